The quantitative estimate of drug-likeness (QED) is 0.846. The highest BCUT2D eigenvalue weighted by atomic mass is 16.5. The summed E-state index contributed by atoms with van der Waals surface area (Å²) in [5.74, 6) is 0.367. The van der Waals surface area contributed by atoms with Crippen LogP contribution in [0, 0.1) is 0 Å². The van der Waals surface area contributed by atoms with E-state index >= 15 is 0 Å². The maximum atomic E-state index is 11.9. The Morgan fingerprint density at radius 1 is 1.55 bits per heavy atom. The van der Waals surface area contributed by atoms with Gasteiger partial charge in [0.25, 0.3) is 0 Å². The van der Waals surface area contributed by atoms with E-state index < -0.39 is 0 Å². The molecular formula is C12H16N6O2. The summed E-state index contributed by atoms with van der Waals surface area (Å²) in [5.41, 5.74) is 0.514. The molecule has 1 atom stereocenters. The van der Waals surface area contributed by atoms with Gasteiger partial charge in [0, 0.05) is 12.2 Å². The van der Waals surface area contributed by atoms with Gasteiger partial charge in [0.15, 0.2) is 0 Å². The topological polar surface area (TPSA) is 94.0 Å². The van der Waals surface area contributed by atoms with Crippen LogP contribution in [0.4, 0.5) is 10.5 Å². The third kappa shape index (κ3) is 3.67. The number of urea groups is 1. The highest BCUT2D eigenvalue weighted by Crippen LogP contribution is 2.19. The molecule has 0 radical (unpaired) electrons. The minimum absolute atomic E-state index is 0.0978. The normalized spacial score (nSPS) is 11.7. The van der Waals surface area contributed by atoms with Gasteiger partial charge in [0.1, 0.15) is 18.3 Å². The molecule has 0 aliphatic rings. The highest BCUT2D eigenvalue weighted by Gasteiger charge is 2.11. The number of hydrogen-bond donors (Lipinski definition) is 2. The van der Waals surface area contributed by atoms with Gasteiger partial charge in [-0.2, -0.15) is 5.10 Å². The predicted octanol–water partition coefficient (Wildman–Crippen LogP) is 0.892. The van der Waals surface area contributed by atoms with Gasteiger partial charge in [-0.05, 0) is 19.1 Å². The number of rotatable bonds is 5. The molecule has 2 rings (SSSR count). The second-order valence-electron chi connectivity index (χ2n) is 4.18. The fourth-order valence-electron chi connectivity index (χ4n) is 1.68. The van der Waals surface area contributed by atoms with Crippen LogP contribution in [0.2, 0.25) is 0 Å². The summed E-state index contributed by atoms with van der Waals surface area (Å²) in [5, 5.41) is 9.46. The highest BCUT2D eigenvalue weighted by molar-refractivity contribution is 5.90. The Balaban J connectivity index is 1.88. The third-order valence-electron chi connectivity index (χ3n) is 2.52. The van der Waals surface area contributed by atoms with Gasteiger partial charge < -0.3 is 15.4 Å². The van der Waals surface area contributed by atoms with Crippen molar-refractivity contribution in [3.05, 3.63) is 31.0 Å². The molecule has 2 aromatic rings. The molecule has 0 aromatic carbocycles. The molecule has 8 heteroatoms. The van der Waals surface area contributed by atoms with Gasteiger partial charge in [-0.3, -0.25) is 4.68 Å². The van der Waals surface area contributed by atoms with Crippen LogP contribution in [-0.4, -0.2) is 38.9 Å². The van der Waals surface area contributed by atoms with Crippen molar-refractivity contribution in [2.75, 3.05) is 12.4 Å². The van der Waals surface area contributed by atoms with Crippen molar-refractivity contribution in [2.24, 2.45) is 0 Å². The fraction of sp³-hybridized carbons (Fsp3) is 0.333. The number of aromatic nitrogens is 4. The number of carbonyl (C=O) groups is 1. The molecule has 2 N–H and O–H groups in total. The van der Waals surface area contributed by atoms with Crippen LogP contribution in [0.25, 0.3) is 0 Å². The van der Waals surface area contributed by atoms with Crippen LogP contribution in [-0.2, 0) is 6.54 Å². The Morgan fingerprint density at radius 3 is 3.10 bits per heavy atom. The smallest absolute Gasteiger partial charge is 0.319 e. The summed E-state index contributed by atoms with van der Waals surface area (Å²) in [6.45, 7) is 2.42. The summed E-state index contributed by atoms with van der Waals surface area (Å²) in [6, 6.07) is 3.01. The lowest BCUT2D eigenvalue weighted by molar-refractivity contribution is 0.247. The molecular weight excluding hydrogens is 260 g/mol. The Bertz CT molecular complexity index is 557. The van der Waals surface area contributed by atoms with E-state index in [0.29, 0.717) is 18.1 Å². The third-order valence-corrected chi connectivity index (χ3v) is 2.52. The number of pyridine rings is 1. The number of carbonyl (C=O) groups excluding carboxylic acids is 1. The van der Waals surface area contributed by atoms with E-state index in [1.165, 1.54) is 13.4 Å². The van der Waals surface area contributed by atoms with E-state index in [1.54, 1.807) is 29.3 Å². The van der Waals surface area contributed by atoms with E-state index in [9.17, 15) is 4.79 Å². The molecule has 2 aromatic heterocycles. The molecule has 0 fully saturated rings. The minimum atomic E-state index is -0.330. The Labute approximate surface area is 116 Å². The fourth-order valence-corrected chi connectivity index (χ4v) is 1.68. The summed E-state index contributed by atoms with van der Waals surface area (Å²) in [6.07, 6.45) is 4.64. The zero-order chi connectivity index (χ0) is 14.4. The van der Waals surface area contributed by atoms with E-state index in [0.717, 1.165) is 0 Å². The number of amides is 2. The maximum absolute atomic E-state index is 11.9. The van der Waals surface area contributed by atoms with Crippen molar-refractivity contribution in [3.8, 4) is 5.88 Å². The molecule has 2 heterocycles. The number of nitrogens with zero attached hydrogens (tertiary/aromatic N) is 4. The maximum Gasteiger partial charge on any atom is 0.319 e. The predicted molar refractivity (Wildman–Crippen MR) is 72.4 cm³/mol. The van der Waals surface area contributed by atoms with Crippen LogP contribution < -0.4 is 15.4 Å². The molecule has 0 saturated carbocycles. The van der Waals surface area contributed by atoms with Crippen molar-refractivity contribution >= 4 is 11.7 Å². The van der Waals surface area contributed by atoms with Gasteiger partial charge in [0.05, 0.1) is 13.7 Å². The van der Waals surface area contributed by atoms with Crippen LogP contribution in [0.15, 0.2) is 31.0 Å². The van der Waals surface area contributed by atoms with Gasteiger partial charge >= 0.3 is 6.03 Å². The second-order valence-corrected chi connectivity index (χ2v) is 4.18. The molecule has 0 saturated heterocycles. The SMILES string of the molecule is COc1ncccc1NC(=O)NC(C)Cn1cncn1. The van der Waals surface area contributed by atoms with Crippen LogP contribution >= 0.6 is 0 Å². The van der Waals surface area contributed by atoms with E-state index in [2.05, 4.69) is 25.7 Å². The summed E-state index contributed by atoms with van der Waals surface area (Å²) < 4.78 is 6.71. The lowest BCUT2D eigenvalue weighted by atomic mass is 10.3. The molecule has 0 aliphatic heterocycles. The van der Waals surface area contributed by atoms with Gasteiger partial charge in [-0.1, -0.05) is 0 Å². The average molecular weight is 276 g/mol. The van der Waals surface area contributed by atoms with Crippen molar-refractivity contribution < 1.29 is 9.53 Å². The lowest BCUT2D eigenvalue weighted by Crippen LogP contribution is -2.38. The molecule has 0 bridgehead atoms. The summed E-state index contributed by atoms with van der Waals surface area (Å²) in [7, 11) is 1.50. The first-order valence-electron chi connectivity index (χ1n) is 6.08. The van der Waals surface area contributed by atoms with Crippen molar-refractivity contribution in [3.63, 3.8) is 0 Å². The van der Waals surface area contributed by atoms with Crippen molar-refractivity contribution in [2.45, 2.75) is 19.5 Å². The van der Waals surface area contributed by atoms with Crippen LogP contribution in [0.1, 0.15) is 6.92 Å². The molecule has 0 spiro atoms. The number of methoxy groups -OCH3 is 1. The number of nitrogens with one attached hydrogen (secondary N) is 2. The number of ether oxygens (including phenoxy) is 1. The largest absolute Gasteiger partial charge is 0.480 e. The Kier molecular flexibility index (Phi) is 4.48. The van der Waals surface area contributed by atoms with Gasteiger partial charge in [-0.15, -0.1) is 0 Å². The zero-order valence-electron chi connectivity index (χ0n) is 11.3. The number of hydrogen-bond acceptors (Lipinski definition) is 5. The van der Waals surface area contributed by atoms with Gasteiger partial charge in [0.2, 0.25) is 5.88 Å². The van der Waals surface area contributed by atoms with Crippen LogP contribution in [0.5, 0.6) is 5.88 Å². The molecule has 20 heavy (non-hydrogen) atoms. The summed E-state index contributed by atoms with van der Waals surface area (Å²) >= 11 is 0. The van der Waals surface area contributed by atoms with E-state index in [-0.39, 0.29) is 12.1 Å². The second kappa shape index (κ2) is 6.50. The Morgan fingerprint density at radius 2 is 2.40 bits per heavy atom. The van der Waals surface area contributed by atoms with Gasteiger partial charge in [-0.25, -0.2) is 14.8 Å². The zero-order valence-corrected chi connectivity index (χ0v) is 11.3. The monoisotopic (exact) mass is 276 g/mol. The molecule has 8 nitrogen and oxygen atoms in total. The van der Waals surface area contributed by atoms with E-state index in [4.69, 9.17) is 4.74 Å². The molecule has 1 unspecified atom stereocenters. The molecule has 106 valence electrons. The number of anilines is 1. The summed E-state index contributed by atoms with van der Waals surface area (Å²) in [4.78, 5) is 19.7. The van der Waals surface area contributed by atoms with Crippen molar-refractivity contribution in [1.29, 1.82) is 0 Å². The standard InChI is InChI=1S/C12H16N6O2/c1-9(6-18-8-13-7-15-18)16-12(19)17-10-4-3-5-14-11(10)20-2/h3-5,7-9H,6H2,1-2H3,(H2,16,17,19). The van der Waals surface area contributed by atoms with E-state index in [1.807, 2.05) is 6.92 Å². The average Bonchev–Trinajstić information content (AvgIpc) is 2.91. The lowest BCUT2D eigenvalue weighted by Gasteiger charge is -2.15. The molecule has 0 aliphatic carbocycles. The first-order chi connectivity index (χ1) is 9.69. The van der Waals surface area contributed by atoms with Crippen LogP contribution in [0.3, 0.4) is 0 Å². The first kappa shape index (κ1) is 13.8. The van der Waals surface area contributed by atoms with Crippen molar-refractivity contribution in [1.82, 2.24) is 25.1 Å². The first-order valence-corrected chi connectivity index (χ1v) is 6.08. The molecule has 2 amide bonds. The minimum Gasteiger partial charge on any atom is -0.480 e. The Hall–Kier alpha value is -2.64.